The molecule has 6 heteroatoms. The van der Waals surface area contributed by atoms with Crippen LogP contribution in [0, 0.1) is 0 Å². The normalized spacial score (nSPS) is 18.2. The van der Waals surface area contributed by atoms with Crippen LogP contribution in [-0.2, 0) is 20.6 Å². The Kier molecular flexibility index (Phi) is 3.53. The molecule has 6 nitrogen and oxygen atoms in total. The van der Waals surface area contributed by atoms with Crippen molar-refractivity contribution in [1.82, 2.24) is 24.6 Å². The summed E-state index contributed by atoms with van der Waals surface area (Å²) in [5.41, 5.74) is 2.25. The summed E-state index contributed by atoms with van der Waals surface area (Å²) in [6.45, 7) is 2.85. The maximum absolute atomic E-state index is 4.72. The van der Waals surface area contributed by atoms with E-state index in [0.29, 0.717) is 6.04 Å². The number of nitrogens with one attached hydrogen (secondary N) is 1. The van der Waals surface area contributed by atoms with Crippen molar-refractivity contribution in [3.05, 3.63) is 42.4 Å². The van der Waals surface area contributed by atoms with Crippen LogP contribution in [-0.4, -0.2) is 38.5 Å². The minimum Gasteiger partial charge on any atom is -0.354 e. The number of para-hydroxylation sites is 2. The standard InChI is InChI=1S/C17H22N6/c1-21-9-8-16(20-21)23-10-7-13(12-23)18-11-17-19-14-5-3-4-6-15(14)22(17)2/h3-6,8-9,13,18H,7,10-12H2,1-2H3. The fraction of sp³-hybridized carbons (Fsp3) is 0.412. The third-order valence-corrected chi connectivity index (χ3v) is 4.64. The van der Waals surface area contributed by atoms with Gasteiger partial charge in [-0.15, -0.1) is 0 Å². The van der Waals surface area contributed by atoms with E-state index in [2.05, 4.69) is 51.2 Å². The van der Waals surface area contributed by atoms with E-state index >= 15 is 0 Å². The lowest BCUT2D eigenvalue weighted by Crippen LogP contribution is -2.33. The predicted molar refractivity (Wildman–Crippen MR) is 91.4 cm³/mol. The fourth-order valence-corrected chi connectivity index (χ4v) is 3.30. The van der Waals surface area contributed by atoms with Crippen LogP contribution in [0.1, 0.15) is 12.2 Å². The van der Waals surface area contributed by atoms with Crippen molar-refractivity contribution >= 4 is 16.9 Å². The minimum absolute atomic E-state index is 0.483. The Bertz CT molecular complexity index is 817. The largest absolute Gasteiger partial charge is 0.354 e. The van der Waals surface area contributed by atoms with Gasteiger partial charge in [-0.05, 0) is 18.6 Å². The van der Waals surface area contributed by atoms with E-state index in [-0.39, 0.29) is 0 Å². The smallest absolute Gasteiger partial charge is 0.150 e. The Morgan fingerprint density at radius 1 is 1.22 bits per heavy atom. The lowest BCUT2D eigenvalue weighted by Gasteiger charge is -2.16. The maximum Gasteiger partial charge on any atom is 0.150 e. The zero-order chi connectivity index (χ0) is 15.8. The average Bonchev–Trinajstić information content (AvgIpc) is 3.25. The van der Waals surface area contributed by atoms with Gasteiger partial charge in [0.1, 0.15) is 5.82 Å². The quantitative estimate of drug-likeness (QED) is 0.796. The van der Waals surface area contributed by atoms with E-state index in [4.69, 9.17) is 4.98 Å². The highest BCUT2D eigenvalue weighted by Crippen LogP contribution is 2.19. The van der Waals surface area contributed by atoms with Crippen molar-refractivity contribution < 1.29 is 0 Å². The highest BCUT2D eigenvalue weighted by atomic mass is 15.3. The Balaban J connectivity index is 1.40. The topological polar surface area (TPSA) is 50.9 Å². The summed E-state index contributed by atoms with van der Waals surface area (Å²) in [5, 5.41) is 8.13. The zero-order valence-electron chi connectivity index (χ0n) is 13.6. The first-order valence-electron chi connectivity index (χ1n) is 8.09. The van der Waals surface area contributed by atoms with Gasteiger partial charge in [-0.2, -0.15) is 5.10 Å². The zero-order valence-corrected chi connectivity index (χ0v) is 13.6. The Morgan fingerprint density at radius 2 is 2.09 bits per heavy atom. The number of rotatable bonds is 4. The summed E-state index contributed by atoms with van der Waals surface area (Å²) < 4.78 is 4.03. The first-order valence-corrected chi connectivity index (χ1v) is 8.09. The van der Waals surface area contributed by atoms with Gasteiger partial charge in [0.25, 0.3) is 0 Å². The van der Waals surface area contributed by atoms with Crippen LogP contribution in [0.25, 0.3) is 11.0 Å². The average molecular weight is 310 g/mol. The molecule has 1 aliphatic rings. The third kappa shape index (κ3) is 2.70. The number of anilines is 1. The van der Waals surface area contributed by atoms with Gasteiger partial charge in [0.15, 0.2) is 5.82 Å². The van der Waals surface area contributed by atoms with Gasteiger partial charge in [0, 0.05) is 45.5 Å². The van der Waals surface area contributed by atoms with E-state index in [1.165, 1.54) is 5.52 Å². The van der Waals surface area contributed by atoms with Crippen molar-refractivity contribution in [3.8, 4) is 0 Å². The fourth-order valence-electron chi connectivity index (χ4n) is 3.30. The van der Waals surface area contributed by atoms with Crippen molar-refractivity contribution in [1.29, 1.82) is 0 Å². The highest BCUT2D eigenvalue weighted by Gasteiger charge is 2.24. The number of hydrogen-bond donors (Lipinski definition) is 1. The molecular formula is C17H22N6. The number of hydrogen-bond acceptors (Lipinski definition) is 4. The molecule has 3 aromatic rings. The molecule has 0 radical (unpaired) electrons. The minimum atomic E-state index is 0.483. The van der Waals surface area contributed by atoms with Gasteiger partial charge < -0.3 is 14.8 Å². The van der Waals surface area contributed by atoms with Crippen molar-refractivity contribution in [2.45, 2.75) is 19.0 Å². The van der Waals surface area contributed by atoms with Crippen LogP contribution in [0.4, 0.5) is 5.82 Å². The number of imidazole rings is 1. The van der Waals surface area contributed by atoms with Crippen molar-refractivity contribution in [3.63, 3.8) is 0 Å². The molecule has 3 heterocycles. The maximum atomic E-state index is 4.72. The number of fused-ring (bicyclic) bond motifs is 1. The molecule has 1 aromatic carbocycles. The Hall–Kier alpha value is -2.34. The van der Waals surface area contributed by atoms with Gasteiger partial charge >= 0.3 is 0 Å². The predicted octanol–water partition coefficient (Wildman–Crippen LogP) is 1.68. The molecule has 0 saturated carbocycles. The number of benzene rings is 1. The molecule has 1 unspecified atom stereocenters. The molecule has 4 rings (SSSR count). The Morgan fingerprint density at radius 3 is 2.87 bits per heavy atom. The number of nitrogens with zero attached hydrogens (tertiary/aromatic N) is 5. The van der Waals surface area contributed by atoms with E-state index in [9.17, 15) is 0 Å². The lowest BCUT2D eigenvalue weighted by molar-refractivity contribution is 0.532. The van der Waals surface area contributed by atoms with Crippen LogP contribution < -0.4 is 10.2 Å². The van der Waals surface area contributed by atoms with E-state index in [1.54, 1.807) is 0 Å². The number of aromatic nitrogens is 4. The molecule has 1 N–H and O–H groups in total. The second kappa shape index (κ2) is 5.70. The van der Waals surface area contributed by atoms with Gasteiger partial charge in [-0.3, -0.25) is 4.68 Å². The summed E-state index contributed by atoms with van der Waals surface area (Å²) in [7, 11) is 4.04. The van der Waals surface area contributed by atoms with Crippen LogP contribution >= 0.6 is 0 Å². The molecule has 23 heavy (non-hydrogen) atoms. The third-order valence-electron chi connectivity index (χ3n) is 4.64. The second-order valence-electron chi connectivity index (χ2n) is 6.24. The van der Waals surface area contributed by atoms with Gasteiger partial charge in [-0.25, -0.2) is 4.98 Å². The highest BCUT2D eigenvalue weighted by molar-refractivity contribution is 5.75. The molecule has 1 fully saturated rings. The molecule has 0 amide bonds. The lowest BCUT2D eigenvalue weighted by atomic mass is 10.2. The molecule has 0 bridgehead atoms. The van der Waals surface area contributed by atoms with Gasteiger partial charge in [0.2, 0.25) is 0 Å². The summed E-state index contributed by atoms with van der Waals surface area (Å²) in [5.74, 6) is 2.15. The van der Waals surface area contributed by atoms with Gasteiger partial charge in [0.05, 0.1) is 17.6 Å². The molecule has 1 saturated heterocycles. The summed E-state index contributed by atoms with van der Waals surface area (Å²) >= 11 is 0. The SMILES string of the molecule is Cn1ccc(N2CCC(NCc3nc4ccccc4n3C)C2)n1. The van der Waals surface area contributed by atoms with E-state index in [0.717, 1.165) is 43.2 Å². The molecule has 0 aliphatic carbocycles. The van der Waals surface area contributed by atoms with Crippen LogP contribution in [0.5, 0.6) is 0 Å². The molecular weight excluding hydrogens is 288 g/mol. The van der Waals surface area contributed by atoms with Crippen molar-refractivity contribution in [2.75, 3.05) is 18.0 Å². The first-order chi connectivity index (χ1) is 11.2. The van der Waals surface area contributed by atoms with Gasteiger partial charge in [-0.1, -0.05) is 12.1 Å². The molecule has 0 spiro atoms. The van der Waals surface area contributed by atoms with Crippen molar-refractivity contribution in [2.24, 2.45) is 14.1 Å². The first kappa shape index (κ1) is 14.3. The van der Waals surface area contributed by atoms with E-state index in [1.807, 2.05) is 24.0 Å². The molecule has 2 aromatic heterocycles. The number of aryl methyl sites for hydroxylation is 2. The van der Waals surface area contributed by atoms with Crippen LogP contribution in [0.2, 0.25) is 0 Å². The van der Waals surface area contributed by atoms with E-state index < -0.39 is 0 Å². The van der Waals surface area contributed by atoms with Crippen LogP contribution in [0.15, 0.2) is 36.5 Å². The summed E-state index contributed by atoms with van der Waals surface area (Å²) in [6, 6.07) is 10.8. The Labute approximate surface area is 135 Å². The molecule has 120 valence electrons. The van der Waals surface area contributed by atoms with Crippen LogP contribution in [0.3, 0.4) is 0 Å². The molecule has 1 aliphatic heterocycles. The molecule has 1 atom stereocenters. The summed E-state index contributed by atoms with van der Waals surface area (Å²) in [6.07, 6.45) is 3.13. The monoisotopic (exact) mass is 310 g/mol. The summed E-state index contributed by atoms with van der Waals surface area (Å²) in [4.78, 5) is 7.06. The second-order valence-corrected chi connectivity index (χ2v) is 6.24.